The van der Waals surface area contributed by atoms with Crippen LogP contribution in [0.5, 0.6) is 0 Å². The molecule has 1 rings (SSSR count). The van der Waals surface area contributed by atoms with Crippen LogP contribution in [0.3, 0.4) is 0 Å². The van der Waals surface area contributed by atoms with Gasteiger partial charge in [-0.3, -0.25) is 9.69 Å². The van der Waals surface area contributed by atoms with Crippen molar-refractivity contribution >= 4 is 12.0 Å². The number of amides is 2. The molecular formula is C13H21N3O4. The molecule has 1 heterocycles. The molecular weight excluding hydrogens is 262 g/mol. The lowest BCUT2D eigenvalue weighted by molar-refractivity contribution is -0.123. The van der Waals surface area contributed by atoms with E-state index in [1.807, 2.05) is 0 Å². The number of hydrogen-bond acceptors (Lipinski definition) is 4. The third kappa shape index (κ3) is 3.61. The van der Waals surface area contributed by atoms with Crippen molar-refractivity contribution in [3.05, 3.63) is 0 Å². The second-order valence-corrected chi connectivity index (χ2v) is 5.98. The van der Waals surface area contributed by atoms with Crippen LogP contribution in [0.4, 0.5) is 4.79 Å². The van der Waals surface area contributed by atoms with Gasteiger partial charge in [-0.25, -0.2) is 4.79 Å². The van der Waals surface area contributed by atoms with Crippen molar-refractivity contribution in [1.29, 1.82) is 5.26 Å². The average molecular weight is 283 g/mol. The van der Waals surface area contributed by atoms with Gasteiger partial charge in [0.2, 0.25) is 5.91 Å². The molecule has 0 radical (unpaired) electrons. The van der Waals surface area contributed by atoms with E-state index < -0.39 is 23.8 Å². The first kappa shape index (κ1) is 16.2. The van der Waals surface area contributed by atoms with Gasteiger partial charge in [-0.05, 0) is 33.6 Å². The zero-order chi connectivity index (χ0) is 15.5. The predicted octanol–water partition coefficient (Wildman–Crippen LogP) is 0.544. The molecule has 3 N–H and O–H groups in total. The Kier molecular flexibility index (Phi) is 4.95. The Morgan fingerprint density at radius 1 is 1.60 bits per heavy atom. The molecule has 1 fully saturated rings. The third-order valence-electron chi connectivity index (χ3n) is 3.45. The molecule has 0 bridgehead atoms. The van der Waals surface area contributed by atoms with E-state index in [0.29, 0.717) is 13.0 Å². The molecule has 3 atom stereocenters. The molecule has 1 saturated heterocycles. The molecule has 2 amide bonds. The number of carbonyl (C=O) groups is 2. The van der Waals surface area contributed by atoms with Crippen LogP contribution in [0, 0.1) is 17.2 Å². The number of carbonyl (C=O) groups excluding carboxylic acids is 1. The molecule has 1 unspecified atom stereocenters. The van der Waals surface area contributed by atoms with E-state index in [1.165, 1.54) is 0 Å². The first-order chi connectivity index (χ1) is 9.18. The number of rotatable bonds is 4. The lowest BCUT2D eigenvalue weighted by atomic mass is 9.91. The van der Waals surface area contributed by atoms with E-state index in [0.717, 1.165) is 4.90 Å². The quantitative estimate of drug-likeness (QED) is 0.652. The van der Waals surface area contributed by atoms with Crippen molar-refractivity contribution in [2.75, 3.05) is 6.54 Å². The van der Waals surface area contributed by atoms with Gasteiger partial charge in [-0.1, -0.05) is 0 Å². The van der Waals surface area contributed by atoms with Crippen molar-refractivity contribution in [2.45, 2.75) is 51.3 Å². The summed E-state index contributed by atoms with van der Waals surface area (Å²) in [5, 5.41) is 30.8. The molecule has 0 aromatic heterocycles. The Labute approximate surface area is 118 Å². The molecule has 7 nitrogen and oxygen atoms in total. The van der Waals surface area contributed by atoms with Gasteiger partial charge < -0.3 is 15.5 Å². The fraction of sp³-hybridized carbons (Fsp3) is 0.769. The largest absolute Gasteiger partial charge is 0.465 e. The van der Waals surface area contributed by atoms with Gasteiger partial charge in [-0.15, -0.1) is 0 Å². The van der Waals surface area contributed by atoms with Crippen LogP contribution >= 0.6 is 0 Å². The molecule has 7 heteroatoms. The van der Waals surface area contributed by atoms with Crippen LogP contribution in [-0.2, 0) is 4.79 Å². The first-order valence-corrected chi connectivity index (χ1v) is 6.56. The van der Waals surface area contributed by atoms with E-state index in [-0.39, 0.29) is 18.2 Å². The lowest BCUT2D eigenvalue weighted by Gasteiger charge is -2.40. The monoisotopic (exact) mass is 283 g/mol. The van der Waals surface area contributed by atoms with E-state index in [2.05, 4.69) is 5.32 Å². The summed E-state index contributed by atoms with van der Waals surface area (Å²) >= 11 is 0. The highest BCUT2D eigenvalue weighted by molar-refractivity contribution is 5.80. The number of carboxylic acid groups (broad SMARTS) is 1. The SMILES string of the molecule is CC(C)(C)N(C(=O)O)[C@@H](C[C@@H]1CCNC1=O)C(O)C#N. The number of nitrogens with one attached hydrogen (secondary N) is 1. The Bertz CT molecular complexity index is 424. The van der Waals surface area contributed by atoms with Gasteiger partial charge in [0.1, 0.15) is 0 Å². The van der Waals surface area contributed by atoms with Crippen LogP contribution in [0.1, 0.15) is 33.6 Å². The average Bonchev–Trinajstić information content (AvgIpc) is 2.71. The highest BCUT2D eigenvalue weighted by Crippen LogP contribution is 2.26. The normalized spacial score (nSPS) is 21.8. The maximum Gasteiger partial charge on any atom is 0.408 e. The zero-order valence-electron chi connectivity index (χ0n) is 12.0. The summed E-state index contributed by atoms with van der Waals surface area (Å²) in [6, 6.07) is 0.755. The third-order valence-corrected chi connectivity index (χ3v) is 3.45. The molecule has 0 spiro atoms. The summed E-state index contributed by atoms with van der Waals surface area (Å²) in [6.07, 6.45) is -1.94. The lowest BCUT2D eigenvalue weighted by Crippen LogP contribution is -2.56. The van der Waals surface area contributed by atoms with Crippen molar-refractivity contribution in [2.24, 2.45) is 5.92 Å². The van der Waals surface area contributed by atoms with Crippen LogP contribution < -0.4 is 5.32 Å². The first-order valence-electron chi connectivity index (χ1n) is 6.56. The van der Waals surface area contributed by atoms with Crippen LogP contribution in [-0.4, -0.2) is 51.3 Å². The summed E-state index contributed by atoms with van der Waals surface area (Å²) in [5.41, 5.74) is -0.774. The topological polar surface area (TPSA) is 114 Å². The second-order valence-electron chi connectivity index (χ2n) is 5.98. The Hall–Kier alpha value is -1.81. The molecule has 0 aromatic carbocycles. The van der Waals surface area contributed by atoms with Gasteiger partial charge in [0.25, 0.3) is 0 Å². The minimum Gasteiger partial charge on any atom is -0.465 e. The summed E-state index contributed by atoms with van der Waals surface area (Å²) in [4.78, 5) is 24.2. The van der Waals surface area contributed by atoms with Crippen molar-refractivity contribution < 1.29 is 19.8 Å². The van der Waals surface area contributed by atoms with E-state index >= 15 is 0 Å². The number of hydrogen-bond donors (Lipinski definition) is 3. The highest BCUT2D eigenvalue weighted by atomic mass is 16.4. The maximum absolute atomic E-state index is 11.6. The standard InChI is InChI=1S/C13H21N3O4/c1-13(2,3)16(12(19)20)9(10(17)7-14)6-8-4-5-15-11(8)18/h8-10,17H,4-6H2,1-3H3,(H,15,18)(H,19,20)/t8-,9-,10?/m0/s1. The van der Waals surface area contributed by atoms with Crippen molar-refractivity contribution in [3.8, 4) is 6.07 Å². The Balaban J connectivity index is 3.01. The van der Waals surface area contributed by atoms with Crippen LogP contribution in [0.2, 0.25) is 0 Å². The van der Waals surface area contributed by atoms with Gasteiger partial charge in [0.05, 0.1) is 12.1 Å². The van der Waals surface area contributed by atoms with Gasteiger partial charge >= 0.3 is 6.09 Å². The number of aliphatic hydroxyl groups excluding tert-OH is 1. The van der Waals surface area contributed by atoms with Crippen molar-refractivity contribution in [3.63, 3.8) is 0 Å². The zero-order valence-corrected chi connectivity index (χ0v) is 12.0. The highest BCUT2D eigenvalue weighted by Gasteiger charge is 2.40. The van der Waals surface area contributed by atoms with E-state index in [9.17, 15) is 19.8 Å². The second kappa shape index (κ2) is 6.09. The molecule has 0 aromatic rings. The fourth-order valence-corrected chi connectivity index (χ4v) is 2.55. The summed E-state index contributed by atoms with van der Waals surface area (Å²) < 4.78 is 0. The molecule has 20 heavy (non-hydrogen) atoms. The summed E-state index contributed by atoms with van der Waals surface area (Å²) in [5.74, 6) is -0.522. The molecule has 1 aliphatic heterocycles. The van der Waals surface area contributed by atoms with E-state index in [4.69, 9.17) is 5.26 Å². The molecule has 1 aliphatic rings. The smallest absolute Gasteiger partial charge is 0.408 e. The maximum atomic E-state index is 11.6. The van der Waals surface area contributed by atoms with Gasteiger partial charge in [-0.2, -0.15) is 5.26 Å². The van der Waals surface area contributed by atoms with E-state index in [1.54, 1.807) is 26.8 Å². The number of aliphatic hydroxyl groups is 1. The minimum atomic E-state index is -1.46. The van der Waals surface area contributed by atoms with Gasteiger partial charge in [0.15, 0.2) is 6.10 Å². The molecule has 0 saturated carbocycles. The number of nitriles is 1. The van der Waals surface area contributed by atoms with Gasteiger partial charge in [0, 0.05) is 18.0 Å². The Morgan fingerprint density at radius 3 is 2.55 bits per heavy atom. The van der Waals surface area contributed by atoms with Crippen LogP contribution in [0.15, 0.2) is 0 Å². The molecule has 112 valence electrons. The van der Waals surface area contributed by atoms with Crippen LogP contribution in [0.25, 0.3) is 0 Å². The fourth-order valence-electron chi connectivity index (χ4n) is 2.55. The molecule has 0 aliphatic carbocycles. The predicted molar refractivity (Wildman–Crippen MR) is 70.8 cm³/mol. The van der Waals surface area contributed by atoms with Crippen molar-refractivity contribution in [1.82, 2.24) is 10.2 Å². The summed E-state index contributed by atoms with van der Waals surface area (Å²) in [6.45, 7) is 5.61. The summed E-state index contributed by atoms with van der Waals surface area (Å²) in [7, 11) is 0. The Morgan fingerprint density at radius 2 is 2.20 bits per heavy atom. The number of nitrogens with zero attached hydrogens (tertiary/aromatic N) is 2. The minimum absolute atomic E-state index is 0.143.